The van der Waals surface area contributed by atoms with Crippen molar-refractivity contribution in [3.05, 3.63) is 0 Å². The summed E-state index contributed by atoms with van der Waals surface area (Å²) in [6, 6.07) is 0. The van der Waals surface area contributed by atoms with E-state index in [0.717, 1.165) is 39.0 Å². The van der Waals surface area contributed by atoms with Crippen LogP contribution in [0.4, 0.5) is 0 Å². The Morgan fingerprint density at radius 3 is 0.978 bits per heavy atom. The van der Waals surface area contributed by atoms with Gasteiger partial charge in [-0.15, -0.1) is 0 Å². The van der Waals surface area contributed by atoms with E-state index in [9.17, 15) is 0 Å². The lowest BCUT2D eigenvalue weighted by atomic mass is 10.1. The Hall–Kier alpha value is -0.520. The van der Waals surface area contributed by atoms with Gasteiger partial charge in [-0.3, -0.25) is 0 Å². The molecule has 1 atom stereocenters. The van der Waals surface area contributed by atoms with Crippen LogP contribution in [0.1, 0.15) is 33.1 Å². The Kier molecular flexibility index (Phi) is 34.3. The van der Waals surface area contributed by atoms with Crippen molar-refractivity contribution in [1.29, 1.82) is 0 Å². The number of hydrogen-bond donors (Lipinski definition) is 1. The summed E-state index contributed by atoms with van der Waals surface area (Å²) >= 11 is 0. The van der Waals surface area contributed by atoms with Crippen molar-refractivity contribution in [3.63, 3.8) is 0 Å². The zero-order valence-electron chi connectivity index (χ0n) is 28.4. The third-order valence-corrected chi connectivity index (χ3v) is 6.69. The first kappa shape index (κ1) is 42.5. The molecule has 1 rings (SSSR count). The van der Waals surface area contributed by atoms with E-state index < -0.39 is 0 Å². The van der Waals surface area contributed by atoms with Crippen LogP contribution in [0.2, 0.25) is 0 Å². The van der Waals surface area contributed by atoms with Crippen molar-refractivity contribution in [2.24, 2.45) is 5.92 Å². The van der Waals surface area contributed by atoms with Crippen LogP contribution in [0.15, 0.2) is 0 Å². The van der Waals surface area contributed by atoms with Crippen molar-refractivity contribution >= 4 is 0 Å². The van der Waals surface area contributed by atoms with Crippen molar-refractivity contribution in [2.75, 3.05) is 165 Å². The molecule has 1 heterocycles. The van der Waals surface area contributed by atoms with Crippen LogP contribution >= 0.6 is 0 Å². The van der Waals surface area contributed by atoms with Gasteiger partial charge in [-0.25, -0.2) is 0 Å². The third kappa shape index (κ3) is 33.2. The first-order chi connectivity index (χ1) is 22.3. The van der Waals surface area contributed by atoms with E-state index in [0.29, 0.717) is 157 Å². The van der Waals surface area contributed by atoms with Gasteiger partial charge >= 0.3 is 0 Å². The zero-order valence-corrected chi connectivity index (χ0v) is 28.4. The highest BCUT2D eigenvalue weighted by Crippen LogP contribution is 2.06. The standard InChI is InChI=1S/C32H65NO12/c1-3-31(2)30-44-27-26-42-23-22-40-19-18-38-15-14-36-11-10-34-8-9-35-12-13-37-16-17-39-20-21-41-24-25-43-28-29-45-32-4-6-33-7-5-32/h31-33H,3-30H2,1-2H3. The molecule has 0 saturated carbocycles. The van der Waals surface area contributed by atoms with Gasteiger partial charge < -0.3 is 62.2 Å². The molecule has 13 heteroatoms. The van der Waals surface area contributed by atoms with E-state index in [1.165, 1.54) is 0 Å². The highest BCUT2D eigenvalue weighted by atomic mass is 16.6. The summed E-state index contributed by atoms with van der Waals surface area (Å²) in [6.45, 7) is 19.3. The summed E-state index contributed by atoms with van der Waals surface area (Å²) in [5.41, 5.74) is 0. The van der Waals surface area contributed by atoms with Gasteiger partial charge in [0.1, 0.15) is 0 Å². The second kappa shape index (κ2) is 36.3. The van der Waals surface area contributed by atoms with Gasteiger partial charge in [0.25, 0.3) is 0 Å². The summed E-state index contributed by atoms with van der Waals surface area (Å²) in [6.07, 6.45) is 3.67. The average Bonchev–Trinajstić information content (AvgIpc) is 3.06. The second-order valence-corrected chi connectivity index (χ2v) is 10.5. The van der Waals surface area contributed by atoms with Crippen LogP contribution in [0.25, 0.3) is 0 Å². The number of nitrogens with one attached hydrogen (secondary N) is 1. The van der Waals surface area contributed by atoms with E-state index in [1.807, 2.05) is 0 Å². The van der Waals surface area contributed by atoms with Gasteiger partial charge in [-0.05, 0) is 31.8 Å². The summed E-state index contributed by atoms with van der Waals surface area (Å²) in [7, 11) is 0. The Labute approximate surface area is 272 Å². The maximum Gasteiger partial charge on any atom is 0.0704 e. The molecule has 1 aliphatic heterocycles. The monoisotopic (exact) mass is 655 g/mol. The van der Waals surface area contributed by atoms with Crippen molar-refractivity contribution < 1.29 is 56.8 Å². The van der Waals surface area contributed by atoms with Crippen LogP contribution in [0.5, 0.6) is 0 Å². The van der Waals surface area contributed by atoms with Crippen LogP contribution < -0.4 is 5.32 Å². The second-order valence-electron chi connectivity index (χ2n) is 10.5. The number of piperidine rings is 1. The van der Waals surface area contributed by atoms with E-state index in [2.05, 4.69) is 19.2 Å². The molecule has 0 aromatic heterocycles. The Morgan fingerprint density at radius 1 is 0.422 bits per heavy atom. The highest BCUT2D eigenvalue weighted by Gasteiger charge is 2.12. The molecule has 0 radical (unpaired) electrons. The molecule has 1 aliphatic rings. The summed E-state index contributed by atoms with van der Waals surface area (Å²) < 4.78 is 66.2. The Balaban J connectivity index is 1.60. The average molecular weight is 656 g/mol. The molecule has 0 spiro atoms. The predicted octanol–water partition coefficient (Wildman–Crippen LogP) is 1.98. The number of rotatable bonds is 37. The normalized spacial score (nSPS) is 14.8. The quantitative estimate of drug-likeness (QED) is 0.0983. The first-order valence-electron chi connectivity index (χ1n) is 17.0. The minimum atomic E-state index is 0.374. The molecular formula is C32H65NO12. The minimum Gasteiger partial charge on any atom is -0.379 e. The molecule has 45 heavy (non-hydrogen) atoms. The van der Waals surface area contributed by atoms with Crippen LogP contribution in [-0.4, -0.2) is 171 Å². The maximum absolute atomic E-state index is 5.79. The smallest absolute Gasteiger partial charge is 0.0704 e. The Morgan fingerprint density at radius 2 is 0.689 bits per heavy atom. The molecule has 1 fully saturated rings. The Bertz CT molecular complexity index is 560. The molecule has 1 N–H and O–H groups in total. The zero-order chi connectivity index (χ0) is 32.1. The van der Waals surface area contributed by atoms with Gasteiger partial charge in [0.2, 0.25) is 0 Å². The predicted molar refractivity (Wildman–Crippen MR) is 170 cm³/mol. The van der Waals surface area contributed by atoms with Gasteiger partial charge in [-0.2, -0.15) is 0 Å². The summed E-state index contributed by atoms with van der Waals surface area (Å²) in [4.78, 5) is 0. The van der Waals surface area contributed by atoms with Crippen molar-refractivity contribution in [1.82, 2.24) is 5.32 Å². The lowest BCUT2D eigenvalue weighted by Crippen LogP contribution is -2.33. The van der Waals surface area contributed by atoms with Gasteiger partial charge in [0.15, 0.2) is 0 Å². The molecule has 0 aliphatic carbocycles. The molecular weight excluding hydrogens is 590 g/mol. The molecule has 1 saturated heterocycles. The van der Waals surface area contributed by atoms with Crippen molar-refractivity contribution in [3.8, 4) is 0 Å². The molecule has 13 nitrogen and oxygen atoms in total. The molecule has 1 unspecified atom stereocenters. The SMILES string of the molecule is CCC(C)COCCOCCOCCOCCOCCOCCOCCOCCOCCOCCOCCOC1CCNCC1. The van der Waals surface area contributed by atoms with Gasteiger partial charge in [-0.1, -0.05) is 20.3 Å². The van der Waals surface area contributed by atoms with Crippen LogP contribution in [0.3, 0.4) is 0 Å². The maximum atomic E-state index is 5.79. The first-order valence-corrected chi connectivity index (χ1v) is 17.0. The van der Waals surface area contributed by atoms with E-state index >= 15 is 0 Å². The third-order valence-electron chi connectivity index (χ3n) is 6.69. The van der Waals surface area contributed by atoms with Gasteiger partial charge in [0.05, 0.1) is 151 Å². The van der Waals surface area contributed by atoms with E-state index in [1.54, 1.807) is 0 Å². The molecule has 0 aromatic carbocycles. The largest absolute Gasteiger partial charge is 0.379 e. The summed E-state index contributed by atoms with van der Waals surface area (Å²) in [5, 5.41) is 3.33. The van der Waals surface area contributed by atoms with Crippen LogP contribution in [0, 0.1) is 5.92 Å². The fourth-order valence-electron chi connectivity index (χ4n) is 3.84. The molecule has 0 bridgehead atoms. The fraction of sp³-hybridized carbons (Fsp3) is 1.00. The van der Waals surface area contributed by atoms with Gasteiger partial charge in [0, 0.05) is 6.61 Å². The van der Waals surface area contributed by atoms with E-state index in [-0.39, 0.29) is 0 Å². The minimum absolute atomic E-state index is 0.374. The van der Waals surface area contributed by atoms with Crippen LogP contribution in [-0.2, 0) is 56.8 Å². The molecule has 270 valence electrons. The van der Waals surface area contributed by atoms with Crippen molar-refractivity contribution in [2.45, 2.75) is 39.2 Å². The molecule has 0 aromatic rings. The number of ether oxygens (including phenoxy) is 12. The lowest BCUT2D eigenvalue weighted by Gasteiger charge is -2.22. The summed E-state index contributed by atoms with van der Waals surface area (Å²) in [5.74, 6) is 0.599. The lowest BCUT2D eigenvalue weighted by molar-refractivity contribution is -0.0327. The topological polar surface area (TPSA) is 123 Å². The fourth-order valence-corrected chi connectivity index (χ4v) is 3.84. The van der Waals surface area contributed by atoms with E-state index in [4.69, 9.17) is 56.8 Å². The highest BCUT2D eigenvalue weighted by molar-refractivity contribution is 4.67. The number of hydrogen-bond acceptors (Lipinski definition) is 13. The molecule has 0 amide bonds.